The zero-order valence-corrected chi connectivity index (χ0v) is 12.0. The first-order valence-corrected chi connectivity index (χ1v) is 6.76. The highest BCUT2D eigenvalue weighted by Gasteiger charge is 2.30. The molecule has 1 fully saturated rings. The van der Waals surface area contributed by atoms with E-state index in [0.29, 0.717) is 6.04 Å². The van der Waals surface area contributed by atoms with Gasteiger partial charge in [-0.15, -0.1) is 0 Å². The smallest absolute Gasteiger partial charge is 0.105 e. The highest BCUT2D eigenvalue weighted by Crippen LogP contribution is 2.26. The molecule has 4 unspecified atom stereocenters. The lowest BCUT2D eigenvalue weighted by Gasteiger charge is -2.40. The second-order valence-corrected chi connectivity index (χ2v) is 5.99. The van der Waals surface area contributed by atoms with Crippen molar-refractivity contribution in [1.29, 1.82) is 5.26 Å². The van der Waals surface area contributed by atoms with Crippen molar-refractivity contribution in [3.8, 4) is 6.07 Å². The van der Waals surface area contributed by atoms with Crippen LogP contribution in [0.2, 0.25) is 0 Å². The molecule has 3 heteroatoms. The number of nitriles is 1. The lowest BCUT2D eigenvalue weighted by atomic mass is 9.86. The number of nitrogens with one attached hydrogen (secondary N) is 1. The maximum Gasteiger partial charge on any atom is 0.105 e. The standard InChI is InChI=1S/C14H27N3/c1-11-6-7-17(9-12(11)2)13(3)8-14(4,10-15)16-5/h11-13,16H,6-9H2,1-5H3. The van der Waals surface area contributed by atoms with Gasteiger partial charge in [-0.3, -0.25) is 0 Å². The average molecular weight is 237 g/mol. The molecule has 0 bridgehead atoms. The monoisotopic (exact) mass is 237 g/mol. The molecule has 0 saturated carbocycles. The van der Waals surface area contributed by atoms with E-state index in [4.69, 9.17) is 0 Å². The molecule has 1 heterocycles. The second kappa shape index (κ2) is 5.84. The van der Waals surface area contributed by atoms with Crippen LogP contribution in [0.4, 0.5) is 0 Å². The van der Waals surface area contributed by atoms with Crippen molar-refractivity contribution in [1.82, 2.24) is 10.2 Å². The molecule has 0 radical (unpaired) electrons. The van der Waals surface area contributed by atoms with Crippen molar-refractivity contribution in [2.24, 2.45) is 11.8 Å². The molecule has 4 atom stereocenters. The van der Waals surface area contributed by atoms with Crippen LogP contribution in [0.3, 0.4) is 0 Å². The third-order valence-corrected chi connectivity index (χ3v) is 4.49. The zero-order chi connectivity index (χ0) is 13.1. The van der Waals surface area contributed by atoms with E-state index in [2.05, 4.69) is 37.1 Å². The number of hydrogen-bond donors (Lipinski definition) is 1. The van der Waals surface area contributed by atoms with Gasteiger partial charge in [0.25, 0.3) is 0 Å². The van der Waals surface area contributed by atoms with Crippen LogP contribution in [-0.4, -0.2) is 36.6 Å². The van der Waals surface area contributed by atoms with Gasteiger partial charge in [0, 0.05) is 12.6 Å². The molecule has 1 rings (SSSR count). The first-order valence-electron chi connectivity index (χ1n) is 6.76. The first-order chi connectivity index (χ1) is 7.91. The van der Waals surface area contributed by atoms with Crippen LogP contribution in [-0.2, 0) is 0 Å². The van der Waals surface area contributed by atoms with Crippen LogP contribution in [0, 0.1) is 23.2 Å². The summed E-state index contributed by atoms with van der Waals surface area (Å²) in [5, 5.41) is 12.3. The summed E-state index contributed by atoms with van der Waals surface area (Å²) in [5.74, 6) is 1.61. The lowest BCUT2D eigenvalue weighted by molar-refractivity contribution is 0.0901. The summed E-state index contributed by atoms with van der Waals surface area (Å²) in [6, 6.07) is 2.85. The lowest BCUT2D eigenvalue weighted by Crippen LogP contribution is -2.49. The highest BCUT2D eigenvalue weighted by molar-refractivity contribution is 5.04. The second-order valence-electron chi connectivity index (χ2n) is 5.99. The molecule has 1 saturated heterocycles. The van der Waals surface area contributed by atoms with E-state index in [0.717, 1.165) is 18.3 Å². The van der Waals surface area contributed by atoms with Crippen LogP contribution < -0.4 is 5.32 Å². The number of piperidine rings is 1. The van der Waals surface area contributed by atoms with E-state index in [-0.39, 0.29) is 0 Å². The predicted molar refractivity (Wildman–Crippen MR) is 71.7 cm³/mol. The van der Waals surface area contributed by atoms with E-state index in [1.165, 1.54) is 19.5 Å². The predicted octanol–water partition coefficient (Wildman–Crippen LogP) is 2.24. The number of nitrogens with zero attached hydrogens (tertiary/aromatic N) is 2. The minimum Gasteiger partial charge on any atom is -0.303 e. The van der Waals surface area contributed by atoms with Crippen LogP contribution in [0.5, 0.6) is 0 Å². The Bertz CT molecular complexity index is 284. The minimum absolute atomic E-state index is 0.397. The number of likely N-dealkylation sites (tertiary alicyclic amines) is 1. The van der Waals surface area contributed by atoms with Gasteiger partial charge in [0.15, 0.2) is 0 Å². The van der Waals surface area contributed by atoms with Crippen LogP contribution in [0.1, 0.15) is 40.5 Å². The van der Waals surface area contributed by atoms with E-state index < -0.39 is 5.54 Å². The Morgan fingerprint density at radius 3 is 2.59 bits per heavy atom. The summed E-state index contributed by atoms with van der Waals surface area (Å²) in [6.45, 7) is 11.3. The Balaban J connectivity index is 2.54. The SMILES string of the molecule is CNC(C)(C#N)CC(C)N1CCC(C)C(C)C1. The number of rotatable bonds is 4. The van der Waals surface area contributed by atoms with Gasteiger partial charge in [-0.05, 0) is 52.1 Å². The normalized spacial score (nSPS) is 31.5. The van der Waals surface area contributed by atoms with E-state index in [1.807, 2.05) is 14.0 Å². The molecule has 1 aliphatic rings. The summed E-state index contributed by atoms with van der Waals surface area (Å²) < 4.78 is 0. The van der Waals surface area contributed by atoms with Gasteiger partial charge in [0.1, 0.15) is 5.54 Å². The van der Waals surface area contributed by atoms with Gasteiger partial charge in [0.05, 0.1) is 6.07 Å². The van der Waals surface area contributed by atoms with Crippen molar-refractivity contribution in [3.63, 3.8) is 0 Å². The third-order valence-electron chi connectivity index (χ3n) is 4.49. The maximum atomic E-state index is 9.20. The van der Waals surface area contributed by atoms with Crippen LogP contribution in [0.15, 0.2) is 0 Å². The fourth-order valence-electron chi connectivity index (χ4n) is 2.62. The van der Waals surface area contributed by atoms with Crippen molar-refractivity contribution in [2.45, 2.75) is 52.1 Å². The van der Waals surface area contributed by atoms with Gasteiger partial charge in [-0.1, -0.05) is 13.8 Å². The fourth-order valence-corrected chi connectivity index (χ4v) is 2.62. The molecule has 3 nitrogen and oxygen atoms in total. The largest absolute Gasteiger partial charge is 0.303 e. The zero-order valence-electron chi connectivity index (χ0n) is 12.0. The first kappa shape index (κ1) is 14.5. The van der Waals surface area contributed by atoms with Gasteiger partial charge in [-0.2, -0.15) is 5.26 Å². The maximum absolute atomic E-state index is 9.20. The van der Waals surface area contributed by atoms with Gasteiger partial charge >= 0.3 is 0 Å². The van der Waals surface area contributed by atoms with Crippen LogP contribution >= 0.6 is 0 Å². The molecule has 1 aliphatic heterocycles. The van der Waals surface area contributed by atoms with E-state index >= 15 is 0 Å². The molecule has 0 aromatic rings. The third kappa shape index (κ3) is 3.69. The van der Waals surface area contributed by atoms with Crippen molar-refractivity contribution >= 4 is 0 Å². The topological polar surface area (TPSA) is 39.1 Å². The van der Waals surface area contributed by atoms with Crippen molar-refractivity contribution in [2.75, 3.05) is 20.1 Å². The molecule has 0 aliphatic carbocycles. The molecular formula is C14H27N3. The Morgan fingerprint density at radius 1 is 1.47 bits per heavy atom. The summed E-state index contributed by atoms with van der Waals surface area (Å²) in [5.41, 5.74) is -0.397. The van der Waals surface area contributed by atoms with Crippen LogP contribution in [0.25, 0.3) is 0 Å². The van der Waals surface area contributed by atoms with Crippen molar-refractivity contribution < 1.29 is 0 Å². The molecule has 0 spiro atoms. The van der Waals surface area contributed by atoms with Gasteiger partial charge in [0.2, 0.25) is 0 Å². The molecule has 98 valence electrons. The van der Waals surface area contributed by atoms with E-state index in [1.54, 1.807) is 0 Å². The minimum atomic E-state index is -0.397. The summed E-state index contributed by atoms with van der Waals surface area (Å²) in [6.07, 6.45) is 2.18. The highest BCUT2D eigenvalue weighted by atomic mass is 15.2. The molecular weight excluding hydrogens is 210 g/mol. The Hall–Kier alpha value is -0.590. The Kier molecular flexibility index (Phi) is 4.97. The quantitative estimate of drug-likeness (QED) is 0.815. The Labute approximate surface area is 106 Å². The van der Waals surface area contributed by atoms with Gasteiger partial charge in [-0.25, -0.2) is 0 Å². The average Bonchev–Trinajstić information content (AvgIpc) is 2.32. The molecule has 0 aromatic heterocycles. The molecule has 0 aromatic carbocycles. The number of hydrogen-bond acceptors (Lipinski definition) is 3. The van der Waals surface area contributed by atoms with Gasteiger partial charge < -0.3 is 10.2 Å². The Morgan fingerprint density at radius 2 is 2.12 bits per heavy atom. The molecule has 0 amide bonds. The fraction of sp³-hybridized carbons (Fsp3) is 0.929. The van der Waals surface area contributed by atoms with Crippen molar-refractivity contribution in [3.05, 3.63) is 0 Å². The summed E-state index contributed by atoms with van der Waals surface area (Å²) in [7, 11) is 1.87. The van der Waals surface area contributed by atoms with E-state index in [9.17, 15) is 5.26 Å². The molecule has 17 heavy (non-hydrogen) atoms. The summed E-state index contributed by atoms with van der Waals surface area (Å²) in [4.78, 5) is 2.54. The summed E-state index contributed by atoms with van der Waals surface area (Å²) >= 11 is 0. The molecule has 1 N–H and O–H groups in total.